The van der Waals surface area contributed by atoms with Gasteiger partial charge in [-0.2, -0.15) is 0 Å². The van der Waals surface area contributed by atoms with Gasteiger partial charge < -0.3 is 5.11 Å². The third-order valence-electron chi connectivity index (χ3n) is 2.23. The van der Waals surface area contributed by atoms with Crippen LogP contribution < -0.4 is 5.56 Å². The summed E-state index contributed by atoms with van der Waals surface area (Å²) in [6.45, 7) is 1.76. The van der Waals surface area contributed by atoms with Crippen LogP contribution in [0.1, 0.15) is 18.2 Å². The number of rotatable bonds is 2. The minimum atomic E-state index is -0.888. The molecule has 0 aliphatic carbocycles. The summed E-state index contributed by atoms with van der Waals surface area (Å²) in [7, 11) is 0. The molecule has 1 aromatic rings. The van der Waals surface area contributed by atoms with Gasteiger partial charge >= 0.3 is 5.97 Å². The van der Waals surface area contributed by atoms with Crippen LogP contribution >= 0.6 is 11.8 Å². The molecule has 1 N–H and O–H groups in total. The minimum absolute atomic E-state index is 0.0232. The van der Waals surface area contributed by atoms with Crippen molar-refractivity contribution >= 4 is 17.7 Å². The van der Waals surface area contributed by atoms with E-state index in [1.807, 2.05) is 0 Å². The van der Waals surface area contributed by atoms with Crippen molar-refractivity contribution in [3.05, 3.63) is 22.1 Å². The van der Waals surface area contributed by atoms with E-state index >= 15 is 0 Å². The molecule has 80 valence electrons. The van der Waals surface area contributed by atoms with Gasteiger partial charge in [-0.3, -0.25) is 14.2 Å². The van der Waals surface area contributed by atoms with Crippen LogP contribution in [0.25, 0.3) is 0 Å². The summed E-state index contributed by atoms with van der Waals surface area (Å²) in [6.07, 6.45) is -0.0232. The fraction of sp³-hybridized carbons (Fsp3) is 0.444. The lowest BCUT2D eigenvalue weighted by molar-refractivity contribution is -0.137. The third-order valence-corrected chi connectivity index (χ3v) is 3.33. The Labute approximate surface area is 90.1 Å². The van der Waals surface area contributed by atoms with Gasteiger partial charge in [-0.15, -0.1) is 0 Å². The molecule has 1 aliphatic rings. The zero-order chi connectivity index (χ0) is 11.0. The summed E-state index contributed by atoms with van der Waals surface area (Å²) >= 11 is 1.43. The zero-order valence-electron chi connectivity index (χ0n) is 8.14. The van der Waals surface area contributed by atoms with Crippen molar-refractivity contribution < 1.29 is 9.90 Å². The summed E-state index contributed by atoms with van der Waals surface area (Å²) in [6, 6.07) is 1.17. The molecule has 0 fully saturated rings. The van der Waals surface area contributed by atoms with E-state index in [0.29, 0.717) is 16.6 Å². The monoisotopic (exact) mass is 226 g/mol. The molecule has 1 atom stereocenters. The zero-order valence-corrected chi connectivity index (χ0v) is 8.95. The van der Waals surface area contributed by atoms with Gasteiger partial charge in [-0.1, -0.05) is 11.8 Å². The van der Waals surface area contributed by atoms with Crippen LogP contribution in [0.3, 0.4) is 0 Å². The van der Waals surface area contributed by atoms with Gasteiger partial charge in [0.1, 0.15) is 0 Å². The number of aryl methyl sites for hydroxylation is 1. The molecule has 1 aliphatic heterocycles. The molecule has 0 amide bonds. The van der Waals surface area contributed by atoms with E-state index in [4.69, 9.17) is 5.11 Å². The number of carbonyl (C=O) groups is 1. The summed E-state index contributed by atoms with van der Waals surface area (Å²) in [5.41, 5.74) is 0.517. The first-order valence-corrected chi connectivity index (χ1v) is 5.51. The first-order valence-electron chi connectivity index (χ1n) is 4.52. The highest BCUT2D eigenvalue weighted by atomic mass is 32.2. The average Bonchev–Trinajstić information content (AvgIpc) is 2.46. The molecule has 2 heterocycles. The van der Waals surface area contributed by atoms with Gasteiger partial charge in [0, 0.05) is 17.5 Å². The molecule has 0 aromatic carbocycles. The van der Waals surface area contributed by atoms with Crippen LogP contribution in [0, 0.1) is 6.92 Å². The van der Waals surface area contributed by atoms with Crippen molar-refractivity contribution in [1.29, 1.82) is 0 Å². The van der Waals surface area contributed by atoms with E-state index in [2.05, 4.69) is 4.98 Å². The molecule has 2 rings (SSSR count). The number of carboxylic acid groups (broad SMARTS) is 1. The Morgan fingerprint density at radius 2 is 2.53 bits per heavy atom. The fourth-order valence-electron chi connectivity index (χ4n) is 1.61. The van der Waals surface area contributed by atoms with Gasteiger partial charge in [0.05, 0.1) is 12.5 Å². The van der Waals surface area contributed by atoms with E-state index in [-0.39, 0.29) is 18.0 Å². The molecule has 0 radical (unpaired) electrons. The largest absolute Gasteiger partial charge is 0.481 e. The minimum Gasteiger partial charge on any atom is -0.481 e. The van der Waals surface area contributed by atoms with Crippen LogP contribution in [0.15, 0.2) is 16.0 Å². The maximum absolute atomic E-state index is 11.6. The molecule has 1 aromatic heterocycles. The Hall–Kier alpha value is -1.30. The van der Waals surface area contributed by atoms with Gasteiger partial charge in [0.2, 0.25) is 0 Å². The van der Waals surface area contributed by atoms with Crippen LogP contribution in [0.4, 0.5) is 0 Å². The lowest BCUT2D eigenvalue weighted by atomic mass is 10.2. The van der Waals surface area contributed by atoms with E-state index in [1.165, 1.54) is 22.4 Å². The molecule has 5 nitrogen and oxygen atoms in total. The van der Waals surface area contributed by atoms with Crippen molar-refractivity contribution in [2.24, 2.45) is 0 Å². The molecule has 0 saturated heterocycles. The lowest BCUT2D eigenvalue weighted by Gasteiger charge is -2.09. The van der Waals surface area contributed by atoms with Gasteiger partial charge in [0.25, 0.3) is 5.56 Å². The number of aromatic nitrogens is 2. The van der Waals surface area contributed by atoms with Crippen molar-refractivity contribution in [2.75, 3.05) is 5.75 Å². The first-order chi connectivity index (χ1) is 7.08. The second-order valence-corrected chi connectivity index (χ2v) is 4.44. The lowest BCUT2D eigenvalue weighted by Crippen LogP contribution is -2.25. The molecule has 0 unspecified atom stereocenters. The predicted octanol–water partition coefficient (Wildman–Crippen LogP) is 0.673. The predicted molar refractivity (Wildman–Crippen MR) is 55.2 cm³/mol. The highest BCUT2D eigenvalue weighted by molar-refractivity contribution is 7.99. The smallest absolute Gasteiger partial charge is 0.305 e. The molecule has 0 bridgehead atoms. The number of hydrogen-bond donors (Lipinski definition) is 1. The Morgan fingerprint density at radius 3 is 3.20 bits per heavy atom. The first kappa shape index (κ1) is 10.2. The Morgan fingerprint density at radius 1 is 1.80 bits per heavy atom. The van der Waals surface area contributed by atoms with E-state index in [0.717, 1.165) is 0 Å². The summed E-state index contributed by atoms with van der Waals surface area (Å²) in [5, 5.41) is 9.33. The van der Waals surface area contributed by atoms with Crippen molar-refractivity contribution in [1.82, 2.24) is 9.55 Å². The Kier molecular flexibility index (Phi) is 2.52. The maximum atomic E-state index is 11.6. The molecular formula is C9H10N2O3S. The number of carboxylic acids is 1. The second-order valence-electron chi connectivity index (χ2n) is 3.45. The normalized spacial score (nSPS) is 18.9. The van der Waals surface area contributed by atoms with Gasteiger partial charge in [-0.05, 0) is 6.92 Å². The second kappa shape index (κ2) is 3.69. The van der Waals surface area contributed by atoms with E-state index < -0.39 is 5.97 Å². The summed E-state index contributed by atoms with van der Waals surface area (Å²) in [4.78, 5) is 26.4. The number of hydrogen-bond acceptors (Lipinski definition) is 4. The number of aliphatic carboxylic acids is 1. The highest BCUT2D eigenvalue weighted by Crippen LogP contribution is 2.31. The van der Waals surface area contributed by atoms with Crippen molar-refractivity contribution in [3.63, 3.8) is 0 Å². The molecule has 6 heteroatoms. The molecule has 0 spiro atoms. The van der Waals surface area contributed by atoms with E-state index in [9.17, 15) is 9.59 Å². The maximum Gasteiger partial charge on any atom is 0.305 e. The SMILES string of the molecule is Cc1cc(=O)n2c(n1)SC[C@@H]2CC(=O)O. The topological polar surface area (TPSA) is 72.2 Å². The highest BCUT2D eigenvalue weighted by Gasteiger charge is 2.26. The van der Waals surface area contributed by atoms with Crippen LogP contribution in [-0.2, 0) is 4.79 Å². The number of thioether (sulfide) groups is 1. The Balaban J connectivity index is 2.42. The molecule has 15 heavy (non-hydrogen) atoms. The van der Waals surface area contributed by atoms with E-state index in [1.54, 1.807) is 6.92 Å². The van der Waals surface area contributed by atoms with Crippen LogP contribution in [-0.4, -0.2) is 26.4 Å². The fourth-order valence-corrected chi connectivity index (χ4v) is 2.81. The Bertz CT molecular complexity index is 469. The van der Waals surface area contributed by atoms with Crippen molar-refractivity contribution in [2.45, 2.75) is 24.5 Å². The van der Waals surface area contributed by atoms with Crippen LogP contribution in [0.5, 0.6) is 0 Å². The number of fused-ring (bicyclic) bond motifs is 1. The summed E-state index contributed by atoms with van der Waals surface area (Å²) < 4.78 is 1.48. The van der Waals surface area contributed by atoms with Gasteiger partial charge in [0.15, 0.2) is 5.16 Å². The van der Waals surface area contributed by atoms with Crippen molar-refractivity contribution in [3.8, 4) is 0 Å². The number of nitrogens with zero attached hydrogens (tertiary/aromatic N) is 2. The summed E-state index contributed by atoms with van der Waals surface area (Å²) in [5.74, 6) is -0.279. The molecular weight excluding hydrogens is 216 g/mol. The van der Waals surface area contributed by atoms with Gasteiger partial charge in [-0.25, -0.2) is 4.98 Å². The average molecular weight is 226 g/mol. The molecule has 0 saturated carbocycles. The quantitative estimate of drug-likeness (QED) is 0.750. The third kappa shape index (κ3) is 1.90. The standard InChI is InChI=1S/C9H10N2O3S/c1-5-2-7(12)11-6(3-8(13)14)4-15-9(11)10-5/h2,6H,3-4H2,1H3,(H,13,14)/t6-/m0/s1. The van der Waals surface area contributed by atoms with Crippen LogP contribution in [0.2, 0.25) is 0 Å².